The van der Waals surface area contributed by atoms with E-state index in [1.54, 1.807) is 29.9 Å². The van der Waals surface area contributed by atoms with Gasteiger partial charge in [-0.1, -0.05) is 0 Å². The van der Waals surface area contributed by atoms with Gasteiger partial charge in [-0.3, -0.25) is 9.78 Å². The molecule has 2 saturated heterocycles. The minimum absolute atomic E-state index is 0.0437. The molecule has 0 radical (unpaired) electrons. The predicted molar refractivity (Wildman–Crippen MR) is 97.0 cm³/mol. The molecule has 4 rings (SSSR count). The van der Waals surface area contributed by atoms with Crippen molar-refractivity contribution in [2.45, 2.75) is 12.8 Å². The Balaban J connectivity index is 1.53. The summed E-state index contributed by atoms with van der Waals surface area (Å²) in [4.78, 5) is 25.7. The monoisotopic (exact) mass is 358 g/mol. The first-order chi connectivity index (χ1) is 12.3. The van der Waals surface area contributed by atoms with Crippen LogP contribution in [0.4, 0.5) is 5.82 Å². The molecule has 1 spiro atoms. The SMILES string of the molecule is O=C(c1ccsc1)N1CCC[C@@]2(COCCN(c3cnccn3)C2)C1. The highest BCUT2D eigenvalue weighted by molar-refractivity contribution is 7.08. The topological polar surface area (TPSA) is 58.6 Å². The maximum absolute atomic E-state index is 12.8. The van der Waals surface area contributed by atoms with E-state index in [0.29, 0.717) is 13.2 Å². The molecule has 25 heavy (non-hydrogen) atoms. The predicted octanol–water partition coefficient (Wildman–Crippen LogP) is 2.30. The van der Waals surface area contributed by atoms with Gasteiger partial charge in [-0.15, -0.1) is 0 Å². The summed E-state index contributed by atoms with van der Waals surface area (Å²) in [6.07, 6.45) is 7.29. The molecule has 0 aliphatic carbocycles. The van der Waals surface area contributed by atoms with Gasteiger partial charge in [0.1, 0.15) is 5.82 Å². The fourth-order valence-electron chi connectivity index (χ4n) is 3.84. The maximum atomic E-state index is 12.8. The lowest BCUT2D eigenvalue weighted by Gasteiger charge is -2.43. The molecule has 2 aromatic heterocycles. The van der Waals surface area contributed by atoms with Crippen LogP contribution in [0, 0.1) is 5.41 Å². The fourth-order valence-corrected chi connectivity index (χ4v) is 4.47. The molecule has 7 heteroatoms. The average Bonchev–Trinajstić information content (AvgIpc) is 3.12. The summed E-state index contributed by atoms with van der Waals surface area (Å²) in [5, 5.41) is 3.89. The zero-order chi connectivity index (χ0) is 17.1. The van der Waals surface area contributed by atoms with Gasteiger partial charge in [0.2, 0.25) is 0 Å². The van der Waals surface area contributed by atoms with Crippen molar-refractivity contribution in [1.29, 1.82) is 0 Å². The van der Waals surface area contributed by atoms with E-state index in [1.165, 1.54) is 0 Å². The first-order valence-corrected chi connectivity index (χ1v) is 9.60. The molecule has 0 aromatic carbocycles. The number of aromatic nitrogens is 2. The summed E-state index contributed by atoms with van der Waals surface area (Å²) in [7, 11) is 0. The van der Waals surface area contributed by atoms with E-state index in [1.807, 2.05) is 21.7 Å². The number of carbonyl (C=O) groups excluding carboxylic acids is 1. The molecule has 1 atom stereocenters. The van der Waals surface area contributed by atoms with E-state index in [0.717, 1.165) is 50.4 Å². The third-order valence-corrected chi connectivity index (χ3v) is 5.71. The summed E-state index contributed by atoms with van der Waals surface area (Å²) in [5.74, 6) is 1.02. The highest BCUT2D eigenvalue weighted by Crippen LogP contribution is 2.34. The third kappa shape index (κ3) is 3.52. The lowest BCUT2D eigenvalue weighted by atomic mass is 9.80. The molecule has 0 N–H and O–H groups in total. The first kappa shape index (κ1) is 16.5. The van der Waals surface area contributed by atoms with Crippen LogP contribution < -0.4 is 4.90 Å². The van der Waals surface area contributed by atoms with Gasteiger partial charge in [0.05, 0.1) is 25.0 Å². The number of thiophene rings is 1. The van der Waals surface area contributed by atoms with Crippen molar-refractivity contribution in [3.63, 3.8) is 0 Å². The smallest absolute Gasteiger partial charge is 0.254 e. The quantitative estimate of drug-likeness (QED) is 0.824. The van der Waals surface area contributed by atoms with Gasteiger partial charge in [-0.25, -0.2) is 4.98 Å². The Labute approximate surface area is 151 Å². The van der Waals surface area contributed by atoms with Crippen LogP contribution in [0.2, 0.25) is 0 Å². The summed E-state index contributed by atoms with van der Waals surface area (Å²) >= 11 is 1.56. The summed E-state index contributed by atoms with van der Waals surface area (Å²) in [5.41, 5.74) is 0.750. The molecule has 132 valence electrons. The lowest BCUT2D eigenvalue weighted by Crippen LogP contribution is -2.52. The number of anilines is 1. The Hall–Kier alpha value is -1.99. The van der Waals surface area contributed by atoms with E-state index in [9.17, 15) is 4.79 Å². The fraction of sp³-hybridized carbons (Fsp3) is 0.500. The largest absolute Gasteiger partial charge is 0.379 e. The van der Waals surface area contributed by atoms with Crippen molar-refractivity contribution in [3.8, 4) is 0 Å². The number of amides is 1. The van der Waals surface area contributed by atoms with Gasteiger partial charge >= 0.3 is 0 Å². The zero-order valence-electron chi connectivity index (χ0n) is 14.1. The van der Waals surface area contributed by atoms with Crippen LogP contribution in [-0.4, -0.2) is 60.2 Å². The molecular formula is C18H22N4O2S. The molecule has 6 nitrogen and oxygen atoms in total. The van der Waals surface area contributed by atoms with Gasteiger partial charge in [0.15, 0.2) is 0 Å². The summed E-state index contributed by atoms with van der Waals surface area (Å²) in [6.45, 7) is 4.58. The molecular weight excluding hydrogens is 336 g/mol. The van der Waals surface area contributed by atoms with Gasteiger partial charge in [0.25, 0.3) is 5.91 Å². The maximum Gasteiger partial charge on any atom is 0.254 e. The Bertz CT molecular complexity index is 709. The molecule has 0 saturated carbocycles. The number of hydrogen-bond donors (Lipinski definition) is 0. The Morgan fingerprint density at radius 2 is 2.24 bits per heavy atom. The summed E-state index contributed by atoms with van der Waals surface area (Å²) < 4.78 is 5.93. The van der Waals surface area contributed by atoms with Gasteiger partial charge < -0.3 is 14.5 Å². The van der Waals surface area contributed by atoms with Crippen LogP contribution in [0.25, 0.3) is 0 Å². The van der Waals surface area contributed by atoms with Crippen molar-refractivity contribution in [2.24, 2.45) is 5.41 Å². The number of nitrogens with zero attached hydrogens (tertiary/aromatic N) is 4. The van der Waals surface area contributed by atoms with Crippen LogP contribution in [0.15, 0.2) is 35.4 Å². The van der Waals surface area contributed by atoms with Crippen molar-refractivity contribution in [2.75, 3.05) is 44.3 Å². The van der Waals surface area contributed by atoms with Crippen molar-refractivity contribution in [3.05, 3.63) is 41.0 Å². The molecule has 0 unspecified atom stereocenters. The van der Waals surface area contributed by atoms with Crippen molar-refractivity contribution in [1.82, 2.24) is 14.9 Å². The first-order valence-electron chi connectivity index (χ1n) is 8.66. The van der Waals surface area contributed by atoms with E-state index < -0.39 is 0 Å². The lowest BCUT2D eigenvalue weighted by molar-refractivity contribution is 0.0135. The van der Waals surface area contributed by atoms with Crippen LogP contribution in [-0.2, 0) is 4.74 Å². The van der Waals surface area contributed by atoms with Crippen molar-refractivity contribution < 1.29 is 9.53 Å². The van der Waals surface area contributed by atoms with Crippen LogP contribution >= 0.6 is 11.3 Å². The number of likely N-dealkylation sites (tertiary alicyclic amines) is 1. The average molecular weight is 358 g/mol. The molecule has 2 aliphatic heterocycles. The minimum Gasteiger partial charge on any atom is -0.379 e. The number of rotatable bonds is 2. The molecule has 0 bridgehead atoms. The van der Waals surface area contributed by atoms with Gasteiger partial charge in [0, 0.05) is 49.4 Å². The second-order valence-electron chi connectivity index (χ2n) is 6.88. The zero-order valence-corrected chi connectivity index (χ0v) is 15.0. The van der Waals surface area contributed by atoms with Gasteiger partial charge in [-0.2, -0.15) is 11.3 Å². The molecule has 2 fully saturated rings. The Kier molecular flexibility index (Phi) is 4.67. The van der Waals surface area contributed by atoms with E-state index >= 15 is 0 Å². The number of piperidine rings is 1. The minimum atomic E-state index is -0.0437. The second kappa shape index (κ2) is 7.09. The molecule has 4 heterocycles. The van der Waals surface area contributed by atoms with E-state index in [2.05, 4.69) is 14.9 Å². The Morgan fingerprint density at radius 3 is 3.04 bits per heavy atom. The molecule has 1 amide bonds. The Morgan fingerprint density at radius 1 is 1.28 bits per heavy atom. The van der Waals surface area contributed by atoms with E-state index in [-0.39, 0.29) is 11.3 Å². The van der Waals surface area contributed by atoms with Crippen LogP contribution in [0.5, 0.6) is 0 Å². The number of ether oxygens (including phenoxy) is 1. The standard InChI is InChI=1S/C18H22N4O2S/c23-17(15-2-9-25-11-15)22-6-1-3-18(13-22)12-21(7-8-24-14-18)16-10-19-4-5-20-16/h2,4-5,9-11H,1,3,6-8,12-14H2/t18-/m0/s1. The van der Waals surface area contributed by atoms with E-state index in [4.69, 9.17) is 4.74 Å². The van der Waals surface area contributed by atoms with Crippen molar-refractivity contribution >= 4 is 23.1 Å². The highest BCUT2D eigenvalue weighted by Gasteiger charge is 2.40. The number of carbonyl (C=O) groups is 1. The number of hydrogen-bond acceptors (Lipinski definition) is 6. The molecule has 2 aromatic rings. The third-order valence-electron chi connectivity index (χ3n) is 5.03. The normalized spacial score (nSPS) is 24.3. The highest BCUT2D eigenvalue weighted by atomic mass is 32.1. The van der Waals surface area contributed by atoms with Crippen LogP contribution in [0.1, 0.15) is 23.2 Å². The van der Waals surface area contributed by atoms with Crippen LogP contribution in [0.3, 0.4) is 0 Å². The second-order valence-corrected chi connectivity index (χ2v) is 7.66. The summed E-state index contributed by atoms with van der Waals surface area (Å²) in [6, 6.07) is 1.91. The molecule has 2 aliphatic rings. The van der Waals surface area contributed by atoms with Gasteiger partial charge in [-0.05, 0) is 24.3 Å².